The highest BCUT2D eigenvalue weighted by Crippen LogP contribution is 2.43. The summed E-state index contributed by atoms with van der Waals surface area (Å²) in [4.78, 5) is 0.198. The number of benzene rings is 1. The van der Waals surface area contributed by atoms with E-state index < -0.39 is 10.0 Å². The van der Waals surface area contributed by atoms with Gasteiger partial charge < -0.3 is 9.47 Å². The van der Waals surface area contributed by atoms with Crippen molar-refractivity contribution in [2.24, 2.45) is 17.8 Å². The Morgan fingerprint density at radius 1 is 1.14 bits per heavy atom. The fourth-order valence-corrected chi connectivity index (χ4v) is 4.52. The minimum Gasteiger partial charge on any atom is -0.493 e. The van der Waals surface area contributed by atoms with Crippen LogP contribution in [-0.2, 0) is 10.0 Å². The number of ether oxygens (including phenoxy) is 2. The van der Waals surface area contributed by atoms with Crippen LogP contribution in [0.4, 0.5) is 0 Å². The van der Waals surface area contributed by atoms with E-state index in [9.17, 15) is 8.42 Å². The second-order valence-electron chi connectivity index (χ2n) is 5.91. The third-order valence-electron chi connectivity index (χ3n) is 4.62. The molecule has 120 valence electrons. The fraction of sp³-hybridized carbons (Fsp3) is 0.500. The monoisotopic (exact) mass is 323 g/mol. The summed E-state index contributed by atoms with van der Waals surface area (Å²) in [6.07, 6.45) is 6.73. The molecule has 1 N–H and O–H groups in total. The molecule has 1 saturated carbocycles. The molecule has 3 rings (SSSR count). The van der Waals surface area contributed by atoms with Gasteiger partial charge in [0, 0.05) is 12.6 Å². The first-order valence-electron chi connectivity index (χ1n) is 7.43. The highest BCUT2D eigenvalue weighted by molar-refractivity contribution is 7.89. The average Bonchev–Trinajstić information content (AvgIpc) is 3.15. The van der Waals surface area contributed by atoms with Crippen LogP contribution in [0.25, 0.3) is 0 Å². The van der Waals surface area contributed by atoms with Crippen molar-refractivity contribution < 1.29 is 17.9 Å². The largest absolute Gasteiger partial charge is 0.493 e. The molecule has 0 spiro atoms. The van der Waals surface area contributed by atoms with Gasteiger partial charge in [-0.15, -0.1) is 0 Å². The molecule has 1 fully saturated rings. The van der Waals surface area contributed by atoms with Gasteiger partial charge in [0.1, 0.15) is 0 Å². The molecule has 3 atom stereocenters. The Labute approximate surface area is 131 Å². The van der Waals surface area contributed by atoms with Gasteiger partial charge in [0.15, 0.2) is 11.5 Å². The van der Waals surface area contributed by atoms with Crippen molar-refractivity contribution in [3.05, 3.63) is 30.4 Å². The van der Waals surface area contributed by atoms with Gasteiger partial charge in [0.25, 0.3) is 0 Å². The second kappa shape index (κ2) is 5.93. The Morgan fingerprint density at radius 2 is 1.91 bits per heavy atom. The zero-order valence-electron chi connectivity index (χ0n) is 12.8. The molecule has 5 nitrogen and oxygen atoms in total. The van der Waals surface area contributed by atoms with Crippen LogP contribution in [0.2, 0.25) is 0 Å². The Bertz CT molecular complexity index is 683. The second-order valence-corrected chi connectivity index (χ2v) is 7.68. The van der Waals surface area contributed by atoms with Crippen LogP contribution in [-0.4, -0.2) is 29.2 Å². The van der Waals surface area contributed by atoms with Crippen LogP contribution in [0.3, 0.4) is 0 Å². The molecule has 0 amide bonds. The molecule has 0 aromatic heterocycles. The van der Waals surface area contributed by atoms with Crippen molar-refractivity contribution in [1.29, 1.82) is 0 Å². The molecule has 0 heterocycles. The summed E-state index contributed by atoms with van der Waals surface area (Å²) in [7, 11) is -0.522. The number of sulfonamides is 1. The van der Waals surface area contributed by atoms with Crippen LogP contribution in [0.15, 0.2) is 35.2 Å². The molecular formula is C16H21NO4S. The molecular weight excluding hydrogens is 302 g/mol. The number of hydrogen-bond donors (Lipinski definition) is 1. The lowest BCUT2D eigenvalue weighted by molar-refractivity contribution is 0.354. The lowest BCUT2D eigenvalue weighted by atomic mass is 9.94. The molecule has 0 unspecified atom stereocenters. The van der Waals surface area contributed by atoms with Crippen molar-refractivity contribution in [1.82, 2.24) is 4.72 Å². The Balaban J connectivity index is 1.71. The van der Waals surface area contributed by atoms with E-state index in [1.54, 1.807) is 6.07 Å². The Kier molecular flexibility index (Phi) is 4.14. The maximum absolute atomic E-state index is 12.4. The average molecular weight is 323 g/mol. The quantitative estimate of drug-likeness (QED) is 0.815. The highest BCUT2D eigenvalue weighted by Gasteiger charge is 2.36. The van der Waals surface area contributed by atoms with E-state index in [1.807, 2.05) is 0 Å². The molecule has 1 aromatic rings. The van der Waals surface area contributed by atoms with Gasteiger partial charge in [-0.2, -0.15) is 0 Å². The standard InChI is InChI=1S/C16H21NO4S/c1-20-15-6-5-14(9-16(15)21-2)22(18,19)17-10-13-8-11-3-4-12(13)7-11/h3-6,9,11-13,17H,7-8,10H2,1-2H3/t11-,12+,13+/m1/s1. The first-order chi connectivity index (χ1) is 10.5. The van der Waals surface area contributed by atoms with Gasteiger partial charge in [-0.3, -0.25) is 0 Å². The first-order valence-corrected chi connectivity index (χ1v) is 8.92. The van der Waals surface area contributed by atoms with Crippen LogP contribution >= 0.6 is 0 Å². The van der Waals surface area contributed by atoms with E-state index in [2.05, 4.69) is 16.9 Å². The number of hydrogen-bond acceptors (Lipinski definition) is 4. The molecule has 0 saturated heterocycles. The molecule has 2 aliphatic carbocycles. The summed E-state index contributed by atoms with van der Waals surface area (Å²) in [6.45, 7) is 0.488. The van der Waals surface area contributed by atoms with Gasteiger partial charge in [0.2, 0.25) is 10.0 Å². The van der Waals surface area contributed by atoms with Crippen LogP contribution < -0.4 is 14.2 Å². The third kappa shape index (κ3) is 2.85. The minimum atomic E-state index is -3.53. The summed E-state index contributed by atoms with van der Waals surface area (Å²) < 4.78 is 37.9. The van der Waals surface area contributed by atoms with Gasteiger partial charge in [-0.1, -0.05) is 12.2 Å². The first kappa shape index (κ1) is 15.4. The SMILES string of the molecule is COc1ccc(S(=O)(=O)NC[C@@H]2C[C@@H]3C=C[C@H]2C3)cc1OC. The zero-order valence-corrected chi connectivity index (χ0v) is 13.6. The Hall–Kier alpha value is -1.53. The predicted molar refractivity (Wildman–Crippen MR) is 83.6 cm³/mol. The number of fused-ring (bicyclic) bond motifs is 2. The van der Waals surface area contributed by atoms with E-state index in [0.717, 1.165) is 6.42 Å². The van der Waals surface area contributed by atoms with Crippen molar-refractivity contribution in [2.75, 3.05) is 20.8 Å². The molecule has 2 aliphatic rings. The topological polar surface area (TPSA) is 64.6 Å². The lowest BCUT2D eigenvalue weighted by Gasteiger charge is -2.18. The van der Waals surface area contributed by atoms with Crippen LogP contribution in [0.5, 0.6) is 11.5 Å². The number of nitrogens with one attached hydrogen (secondary N) is 1. The molecule has 1 aromatic carbocycles. The van der Waals surface area contributed by atoms with Gasteiger partial charge in [0.05, 0.1) is 19.1 Å². The molecule has 0 radical (unpaired) electrons. The smallest absolute Gasteiger partial charge is 0.240 e. The molecule has 6 heteroatoms. The van der Waals surface area contributed by atoms with E-state index >= 15 is 0 Å². The maximum Gasteiger partial charge on any atom is 0.240 e. The van der Waals surface area contributed by atoms with E-state index in [0.29, 0.717) is 35.8 Å². The molecule has 22 heavy (non-hydrogen) atoms. The molecule has 0 aliphatic heterocycles. The highest BCUT2D eigenvalue weighted by atomic mass is 32.2. The van der Waals surface area contributed by atoms with Crippen LogP contribution in [0.1, 0.15) is 12.8 Å². The summed E-state index contributed by atoms with van der Waals surface area (Å²) >= 11 is 0. The van der Waals surface area contributed by atoms with E-state index in [1.165, 1.54) is 32.8 Å². The number of allylic oxidation sites excluding steroid dienone is 2. The number of methoxy groups -OCH3 is 2. The van der Waals surface area contributed by atoms with Crippen molar-refractivity contribution in [2.45, 2.75) is 17.7 Å². The van der Waals surface area contributed by atoms with Gasteiger partial charge >= 0.3 is 0 Å². The predicted octanol–water partition coefficient (Wildman–Crippen LogP) is 2.19. The summed E-state index contributed by atoms with van der Waals surface area (Å²) in [5.41, 5.74) is 0. The van der Waals surface area contributed by atoms with E-state index in [-0.39, 0.29) is 4.90 Å². The zero-order chi connectivity index (χ0) is 15.7. The van der Waals surface area contributed by atoms with Crippen molar-refractivity contribution >= 4 is 10.0 Å². The van der Waals surface area contributed by atoms with E-state index in [4.69, 9.17) is 9.47 Å². The lowest BCUT2D eigenvalue weighted by Crippen LogP contribution is -2.31. The molecule has 2 bridgehead atoms. The fourth-order valence-electron chi connectivity index (χ4n) is 3.41. The third-order valence-corrected chi connectivity index (χ3v) is 6.04. The van der Waals surface area contributed by atoms with Gasteiger partial charge in [-0.25, -0.2) is 13.1 Å². The number of rotatable bonds is 6. The van der Waals surface area contributed by atoms with Gasteiger partial charge in [-0.05, 0) is 42.7 Å². The summed E-state index contributed by atoms with van der Waals surface area (Å²) in [6, 6.07) is 4.62. The summed E-state index contributed by atoms with van der Waals surface area (Å²) in [5, 5.41) is 0. The van der Waals surface area contributed by atoms with Crippen LogP contribution in [0, 0.1) is 17.8 Å². The van der Waals surface area contributed by atoms with Crippen molar-refractivity contribution in [3.8, 4) is 11.5 Å². The van der Waals surface area contributed by atoms with Crippen molar-refractivity contribution in [3.63, 3.8) is 0 Å². The minimum absolute atomic E-state index is 0.198. The Morgan fingerprint density at radius 3 is 2.50 bits per heavy atom. The normalized spacial score (nSPS) is 26.4. The summed E-state index contributed by atoms with van der Waals surface area (Å²) in [5.74, 6) is 2.50. The maximum atomic E-state index is 12.4.